The summed E-state index contributed by atoms with van der Waals surface area (Å²) in [7, 11) is 0. The Morgan fingerprint density at radius 2 is 0.714 bits per heavy atom. The van der Waals surface area contributed by atoms with Gasteiger partial charge in [0.1, 0.15) is 12.1 Å². The SMILES string of the molecule is CCCCCCCCCCCCCCNC(=O)OCC[C@H](CSC[C@H](N)C(=O)N[C@@H](CO)C(=O)NCCOCCOCCOCCOCCOCCOCCOCCOCCOCCOCCOCCOCCC(=O)NCC(N)=O)OC(=O)NCCCCCCCCCCCCCC. The first-order valence-corrected chi connectivity index (χ1v) is 38.0. The van der Waals surface area contributed by atoms with Crippen LogP contribution in [0.1, 0.15) is 181 Å². The summed E-state index contributed by atoms with van der Waals surface area (Å²) in [5.74, 6) is -1.71. The molecular formula is C69H135N7O21S. The zero-order valence-electron chi connectivity index (χ0n) is 60.4. The predicted molar refractivity (Wildman–Crippen MR) is 378 cm³/mol. The van der Waals surface area contributed by atoms with Crippen LogP contribution < -0.4 is 38.1 Å². The van der Waals surface area contributed by atoms with Crippen molar-refractivity contribution in [1.82, 2.24) is 26.6 Å². The minimum Gasteiger partial charge on any atom is -0.449 e. The Bertz CT molecular complexity index is 1800. The van der Waals surface area contributed by atoms with Crippen molar-refractivity contribution < 1.29 is 100 Å². The Hall–Kier alpha value is -3.79. The number of aliphatic hydroxyl groups excluding tert-OH is 1. The van der Waals surface area contributed by atoms with Gasteiger partial charge in [0.15, 0.2) is 0 Å². The fourth-order valence-corrected chi connectivity index (χ4v) is 10.3. The molecule has 0 spiro atoms. The molecule has 0 fully saturated rings. The van der Waals surface area contributed by atoms with Gasteiger partial charge < -0.3 is 109 Å². The minimum absolute atomic E-state index is 0.0299. The summed E-state index contributed by atoms with van der Waals surface area (Å²) in [4.78, 5) is 73.3. The second-order valence-electron chi connectivity index (χ2n) is 23.6. The van der Waals surface area contributed by atoms with Crippen molar-refractivity contribution in [1.29, 1.82) is 0 Å². The van der Waals surface area contributed by atoms with Gasteiger partial charge in [-0.3, -0.25) is 19.2 Å². The van der Waals surface area contributed by atoms with Crippen molar-refractivity contribution in [2.24, 2.45) is 11.5 Å². The summed E-state index contributed by atoms with van der Waals surface area (Å²) in [5, 5.41) is 23.1. The lowest BCUT2D eigenvalue weighted by Gasteiger charge is -2.21. The lowest BCUT2D eigenvalue weighted by molar-refractivity contribution is -0.130. The molecule has 0 heterocycles. The summed E-state index contributed by atoms with van der Waals surface area (Å²) in [6, 6.07) is -2.26. The van der Waals surface area contributed by atoms with Gasteiger partial charge in [0.05, 0.1) is 184 Å². The highest BCUT2D eigenvalue weighted by Gasteiger charge is 2.24. The number of hydrogen-bond acceptors (Lipinski definition) is 23. The van der Waals surface area contributed by atoms with Crippen LogP contribution in [0, 0.1) is 0 Å². The number of thioether (sulfide) groups is 1. The standard InChI is InChI=1S/C69H135N7O21S/c1-3-5-7-9-11-13-15-17-19-21-23-25-29-73-68(82)96-33-27-61(97-69(83)74-30-26-24-22-20-18-16-14-12-10-8-6-4-2)59-98-60-62(70)66(80)76-63(58-77)67(81)72-31-34-85-36-38-87-40-42-89-44-46-91-48-50-93-52-54-95-56-55-94-53-51-92-49-47-90-45-43-88-41-39-86-37-35-84-32-28-65(79)75-57-64(71)78/h61-63,77H,3-60,70H2,1-2H3,(H2,71,78)(H,72,81)(H,73,82)(H,74,83)(H,75,79)(H,76,80)/t61-,62+,63+/m1/s1. The fraction of sp³-hybridized carbons (Fsp3) is 0.913. The van der Waals surface area contributed by atoms with E-state index in [1.807, 2.05) is 0 Å². The summed E-state index contributed by atoms with van der Waals surface area (Å²) in [5.41, 5.74) is 11.2. The monoisotopic (exact) mass is 1430 g/mol. The molecule has 578 valence electrons. The topological polar surface area (TPSA) is 364 Å². The maximum atomic E-state index is 13.0. The highest BCUT2D eigenvalue weighted by atomic mass is 32.2. The van der Waals surface area contributed by atoms with Crippen molar-refractivity contribution in [3.8, 4) is 0 Å². The maximum absolute atomic E-state index is 13.0. The van der Waals surface area contributed by atoms with Crippen molar-refractivity contribution in [2.45, 2.75) is 199 Å². The van der Waals surface area contributed by atoms with E-state index in [2.05, 4.69) is 40.4 Å². The third-order valence-electron chi connectivity index (χ3n) is 14.9. The van der Waals surface area contributed by atoms with E-state index in [0.717, 1.165) is 38.5 Å². The Kier molecular flexibility index (Phi) is 74.4. The average molecular weight is 1430 g/mol. The first-order chi connectivity index (χ1) is 48.0. The largest absolute Gasteiger partial charge is 0.449 e. The third kappa shape index (κ3) is 72.0. The molecule has 28 nitrogen and oxygen atoms in total. The van der Waals surface area contributed by atoms with Gasteiger partial charge in [-0.05, 0) is 12.8 Å². The third-order valence-corrected chi connectivity index (χ3v) is 16.1. The number of unbranched alkanes of at least 4 members (excludes halogenated alkanes) is 22. The van der Waals surface area contributed by atoms with E-state index in [4.69, 9.17) is 77.8 Å². The van der Waals surface area contributed by atoms with E-state index >= 15 is 0 Å². The molecule has 6 amide bonds. The number of carbonyl (C=O) groups is 6. The van der Waals surface area contributed by atoms with Crippen LogP contribution >= 0.6 is 11.8 Å². The molecule has 0 aromatic rings. The van der Waals surface area contributed by atoms with Crippen LogP contribution in [0.5, 0.6) is 0 Å². The number of amides is 6. The Balaban J connectivity index is 4.05. The smallest absolute Gasteiger partial charge is 0.407 e. The summed E-state index contributed by atoms with van der Waals surface area (Å²) in [6.07, 6.45) is 28.1. The Morgan fingerprint density at radius 1 is 0.378 bits per heavy atom. The summed E-state index contributed by atoms with van der Waals surface area (Å²) < 4.78 is 77.0. The van der Waals surface area contributed by atoms with Crippen molar-refractivity contribution in [3.63, 3.8) is 0 Å². The highest BCUT2D eigenvalue weighted by molar-refractivity contribution is 7.99. The normalized spacial score (nSPS) is 12.3. The first-order valence-electron chi connectivity index (χ1n) is 36.9. The van der Waals surface area contributed by atoms with Crippen LogP contribution in [0.3, 0.4) is 0 Å². The van der Waals surface area contributed by atoms with Gasteiger partial charge in [0.2, 0.25) is 23.6 Å². The summed E-state index contributed by atoms with van der Waals surface area (Å²) in [6.45, 7) is 14.2. The van der Waals surface area contributed by atoms with Crippen molar-refractivity contribution in [3.05, 3.63) is 0 Å². The number of nitrogens with two attached hydrogens (primary N) is 2. The lowest BCUT2D eigenvalue weighted by Crippen LogP contribution is -2.54. The molecule has 0 aliphatic heterocycles. The maximum Gasteiger partial charge on any atom is 0.407 e. The molecule has 0 aliphatic carbocycles. The number of ether oxygens (including phenoxy) is 14. The molecule has 0 aromatic heterocycles. The molecule has 0 aliphatic rings. The quantitative estimate of drug-likeness (QED) is 0.0303. The number of nitrogens with one attached hydrogen (secondary N) is 5. The average Bonchev–Trinajstić information content (AvgIpc) is 1.18. The van der Waals surface area contributed by atoms with Gasteiger partial charge in [-0.2, -0.15) is 11.8 Å². The molecule has 0 saturated heterocycles. The molecule has 10 N–H and O–H groups in total. The molecule has 98 heavy (non-hydrogen) atoms. The van der Waals surface area contributed by atoms with Crippen molar-refractivity contribution in [2.75, 3.05) is 209 Å². The number of carbonyl (C=O) groups excluding carboxylic acids is 6. The van der Waals surface area contributed by atoms with E-state index in [0.29, 0.717) is 152 Å². The lowest BCUT2D eigenvalue weighted by atomic mass is 10.1. The van der Waals surface area contributed by atoms with Gasteiger partial charge in [0.25, 0.3) is 0 Å². The van der Waals surface area contributed by atoms with E-state index < -0.39 is 54.7 Å². The number of alkyl carbamates (subject to hydrolysis) is 2. The second-order valence-corrected chi connectivity index (χ2v) is 24.7. The zero-order valence-corrected chi connectivity index (χ0v) is 61.2. The van der Waals surface area contributed by atoms with E-state index in [9.17, 15) is 33.9 Å². The van der Waals surface area contributed by atoms with Gasteiger partial charge >= 0.3 is 12.2 Å². The molecule has 3 atom stereocenters. The van der Waals surface area contributed by atoms with Gasteiger partial charge in [0, 0.05) is 44.0 Å². The molecule has 29 heteroatoms. The number of rotatable bonds is 79. The molecule has 0 rings (SSSR count). The first kappa shape index (κ1) is 94.2. The fourth-order valence-electron chi connectivity index (χ4n) is 9.22. The molecule has 0 unspecified atom stereocenters. The van der Waals surface area contributed by atoms with Gasteiger partial charge in [-0.25, -0.2) is 9.59 Å². The number of primary amides is 1. The second kappa shape index (κ2) is 77.4. The Labute approximate surface area is 591 Å². The van der Waals surface area contributed by atoms with Crippen LogP contribution in [-0.4, -0.2) is 269 Å². The van der Waals surface area contributed by atoms with Crippen LogP contribution in [0.2, 0.25) is 0 Å². The predicted octanol–water partition coefficient (Wildman–Crippen LogP) is 6.44. The highest BCUT2D eigenvalue weighted by Crippen LogP contribution is 2.15. The van der Waals surface area contributed by atoms with E-state index in [1.54, 1.807) is 0 Å². The minimum atomic E-state index is -1.23. The van der Waals surface area contributed by atoms with E-state index in [-0.39, 0.29) is 69.8 Å². The number of hydrogen-bond donors (Lipinski definition) is 8. The van der Waals surface area contributed by atoms with E-state index in [1.165, 1.54) is 127 Å². The van der Waals surface area contributed by atoms with Gasteiger partial charge in [-0.1, -0.05) is 155 Å². The molecule has 0 radical (unpaired) electrons. The Morgan fingerprint density at radius 3 is 1.07 bits per heavy atom. The van der Waals surface area contributed by atoms with Crippen LogP contribution in [0.15, 0.2) is 0 Å². The van der Waals surface area contributed by atoms with Crippen LogP contribution in [-0.2, 0) is 85.5 Å². The summed E-state index contributed by atoms with van der Waals surface area (Å²) >= 11 is 1.29. The zero-order chi connectivity index (χ0) is 71.4. The van der Waals surface area contributed by atoms with Crippen LogP contribution in [0.4, 0.5) is 9.59 Å². The molecule has 0 saturated carbocycles. The van der Waals surface area contributed by atoms with Crippen molar-refractivity contribution >= 4 is 47.6 Å². The molecule has 0 bridgehead atoms. The molecule has 0 aromatic carbocycles. The number of aliphatic hydroxyl groups is 1. The van der Waals surface area contributed by atoms with Gasteiger partial charge in [-0.15, -0.1) is 0 Å². The molecular weight excluding hydrogens is 1290 g/mol. The van der Waals surface area contributed by atoms with Crippen LogP contribution in [0.25, 0.3) is 0 Å².